The van der Waals surface area contributed by atoms with E-state index in [1.54, 1.807) is 0 Å². The molecular formula is C61H43N. The van der Waals surface area contributed by atoms with Crippen LogP contribution in [0.2, 0.25) is 0 Å². The average Bonchev–Trinajstić information content (AvgIpc) is 3.56. The van der Waals surface area contributed by atoms with E-state index in [9.17, 15) is 0 Å². The van der Waals surface area contributed by atoms with Crippen LogP contribution in [0.25, 0.3) is 87.6 Å². The van der Waals surface area contributed by atoms with Crippen molar-refractivity contribution >= 4 is 60.2 Å². The summed E-state index contributed by atoms with van der Waals surface area (Å²) in [7, 11) is 0. The molecule has 11 aromatic rings. The van der Waals surface area contributed by atoms with E-state index in [0.29, 0.717) is 0 Å². The van der Waals surface area contributed by atoms with Gasteiger partial charge in [0, 0.05) is 22.2 Å². The first-order valence-corrected chi connectivity index (χ1v) is 21.7. The monoisotopic (exact) mass is 789 g/mol. The first-order chi connectivity index (χ1) is 30.5. The second-order valence-corrected chi connectivity index (χ2v) is 17.3. The van der Waals surface area contributed by atoms with Gasteiger partial charge in [-0.1, -0.05) is 196 Å². The Morgan fingerprint density at radius 1 is 0.306 bits per heavy atom. The fourth-order valence-electron chi connectivity index (χ4n) is 10.4. The first-order valence-electron chi connectivity index (χ1n) is 21.7. The molecule has 1 heteroatoms. The molecule has 0 amide bonds. The molecule has 62 heavy (non-hydrogen) atoms. The number of nitrogens with zero attached hydrogens (tertiary/aromatic N) is 1. The third-order valence-electron chi connectivity index (χ3n) is 13.4. The number of hydrogen-bond donors (Lipinski definition) is 0. The van der Waals surface area contributed by atoms with Gasteiger partial charge in [-0.2, -0.15) is 0 Å². The summed E-state index contributed by atoms with van der Waals surface area (Å²) < 4.78 is 0. The molecule has 12 rings (SSSR count). The highest BCUT2D eigenvalue weighted by atomic mass is 15.1. The molecule has 0 fully saturated rings. The SMILES string of the molecule is CC1(C)c2ccccc2-c2ccc(N(c3ccccc3-c3ccc4ccccc4c3)c3cccc(-c4cc5ccccc5c5ccccc45)c3-c3ccc4ccccc4c3)cc21. The fourth-order valence-corrected chi connectivity index (χ4v) is 10.4. The van der Waals surface area contributed by atoms with E-state index < -0.39 is 0 Å². The maximum Gasteiger partial charge on any atom is 0.0546 e. The van der Waals surface area contributed by atoms with Gasteiger partial charge in [0.1, 0.15) is 0 Å². The van der Waals surface area contributed by atoms with Crippen LogP contribution in [0.3, 0.4) is 0 Å². The Labute approximate surface area is 362 Å². The van der Waals surface area contributed by atoms with E-state index in [1.807, 2.05) is 0 Å². The summed E-state index contributed by atoms with van der Waals surface area (Å²) in [6.45, 7) is 4.75. The molecule has 0 radical (unpaired) electrons. The zero-order chi connectivity index (χ0) is 41.4. The van der Waals surface area contributed by atoms with Crippen LogP contribution in [0.1, 0.15) is 25.0 Å². The number of rotatable bonds is 6. The predicted octanol–water partition coefficient (Wildman–Crippen LogP) is 17.1. The minimum Gasteiger partial charge on any atom is -0.309 e. The molecule has 0 N–H and O–H groups in total. The van der Waals surface area contributed by atoms with Crippen molar-refractivity contribution in [2.75, 3.05) is 4.90 Å². The summed E-state index contributed by atoms with van der Waals surface area (Å²) in [5.74, 6) is 0. The Morgan fingerprint density at radius 2 is 0.855 bits per heavy atom. The molecule has 292 valence electrons. The minimum atomic E-state index is -0.168. The molecule has 0 bridgehead atoms. The number of fused-ring (bicyclic) bond motifs is 8. The van der Waals surface area contributed by atoms with Crippen molar-refractivity contribution in [3.8, 4) is 44.5 Å². The van der Waals surface area contributed by atoms with Gasteiger partial charge in [-0.15, -0.1) is 0 Å². The van der Waals surface area contributed by atoms with Gasteiger partial charge in [0.2, 0.25) is 0 Å². The Bertz CT molecular complexity index is 3570. The zero-order valence-electron chi connectivity index (χ0n) is 34.8. The van der Waals surface area contributed by atoms with Gasteiger partial charge in [0.25, 0.3) is 0 Å². The largest absolute Gasteiger partial charge is 0.309 e. The van der Waals surface area contributed by atoms with Crippen LogP contribution < -0.4 is 4.90 Å². The number of hydrogen-bond acceptors (Lipinski definition) is 1. The molecule has 1 aliphatic carbocycles. The van der Waals surface area contributed by atoms with Gasteiger partial charge in [-0.05, 0) is 130 Å². The Hall–Kier alpha value is -7.74. The van der Waals surface area contributed by atoms with Gasteiger partial charge in [-0.25, -0.2) is 0 Å². The van der Waals surface area contributed by atoms with Crippen molar-refractivity contribution in [2.24, 2.45) is 0 Å². The molecule has 0 aliphatic heterocycles. The Balaban J connectivity index is 1.19. The first kappa shape index (κ1) is 36.1. The summed E-state index contributed by atoms with van der Waals surface area (Å²) in [5, 5.41) is 9.91. The zero-order valence-corrected chi connectivity index (χ0v) is 34.8. The van der Waals surface area contributed by atoms with E-state index >= 15 is 0 Å². The third-order valence-corrected chi connectivity index (χ3v) is 13.4. The number of benzene rings is 11. The molecule has 0 saturated carbocycles. The second-order valence-electron chi connectivity index (χ2n) is 17.3. The third kappa shape index (κ3) is 5.70. The smallest absolute Gasteiger partial charge is 0.0546 e. The lowest BCUT2D eigenvalue weighted by molar-refractivity contribution is 0.660. The van der Waals surface area contributed by atoms with Gasteiger partial charge in [0.05, 0.1) is 11.4 Å². The molecular weight excluding hydrogens is 747 g/mol. The average molecular weight is 790 g/mol. The van der Waals surface area contributed by atoms with Crippen molar-refractivity contribution in [3.63, 3.8) is 0 Å². The van der Waals surface area contributed by atoms with Crippen molar-refractivity contribution in [1.29, 1.82) is 0 Å². The van der Waals surface area contributed by atoms with Crippen LogP contribution in [0.5, 0.6) is 0 Å². The summed E-state index contributed by atoms with van der Waals surface area (Å²) >= 11 is 0. The van der Waals surface area contributed by atoms with Crippen LogP contribution in [0.15, 0.2) is 224 Å². The highest BCUT2D eigenvalue weighted by Gasteiger charge is 2.36. The van der Waals surface area contributed by atoms with E-state index in [0.717, 1.165) is 17.1 Å². The van der Waals surface area contributed by atoms with Crippen molar-refractivity contribution in [3.05, 3.63) is 236 Å². The van der Waals surface area contributed by atoms with Crippen LogP contribution >= 0.6 is 0 Å². The topological polar surface area (TPSA) is 3.24 Å². The molecule has 0 spiro atoms. The molecule has 11 aromatic carbocycles. The predicted molar refractivity (Wildman–Crippen MR) is 265 cm³/mol. The molecule has 0 heterocycles. The highest BCUT2D eigenvalue weighted by molar-refractivity contribution is 6.16. The molecule has 0 unspecified atom stereocenters. The Kier molecular flexibility index (Phi) is 8.27. The summed E-state index contributed by atoms with van der Waals surface area (Å²) in [5.41, 5.74) is 15.7. The minimum absolute atomic E-state index is 0.168. The van der Waals surface area contributed by atoms with Crippen LogP contribution in [0, 0.1) is 0 Å². The van der Waals surface area contributed by atoms with E-state index in [-0.39, 0.29) is 5.41 Å². The molecule has 0 saturated heterocycles. The summed E-state index contributed by atoms with van der Waals surface area (Å²) in [4.78, 5) is 2.54. The van der Waals surface area contributed by atoms with E-state index in [4.69, 9.17) is 0 Å². The lowest BCUT2D eigenvalue weighted by Crippen LogP contribution is -2.17. The maximum atomic E-state index is 2.54. The van der Waals surface area contributed by atoms with Crippen LogP contribution in [0.4, 0.5) is 17.1 Å². The van der Waals surface area contributed by atoms with Crippen molar-refractivity contribution < 1.29 is 0 Å². The van der Waals surface area contributed by atoms with Crippen LogP contribution in [-0.2, 0) is 5.41 Å². The molecule has 0 atom stereocenters. The number of anilines is 3. The van der Waals surface area contributed by atoms with Gasteiger partial charge in [-0.3, -0.25) is 0 Å². The van der Waals surface area contributed by atoms with Crippen molar-refractivity contribution in [1.82, 2.24) is 0 Å². The molecule has 1 nitrogen and oxygen atoms in total. The van der Waals surface area contributed by atoms with E-state index in [1.165, 1.54) is 98.7 Å². The Morgan fingerprint density at radius 3 is 1.63 bits per heavy atom. The maximum absolute atomic E-state index is 2.54. The molecule has 1 aliphatic rings. The fraction of sp³-hybridized carbons (Fsp3) is 0.0492. The summed E-state index contributed by atoms with van der Waals surface area (Å²) in [6.07, 6.45) is 0. The lowest BCUT2D eigenvalue weighted by atomic mass is 9.82. The highest BCUT2D eigenvalue weighted by Crippen LogP contribution is 2.53. The van der Waals surface area contributed by atoms with Gasteiger partial charge in [0.15, 0.2) is 0 Å². The molecule has 0 aromatic heterocycles. The van der Waals surface area contributed by atoms with Gasteiger partial charge < -0.3 is 4.90 Å². The van der Waals surface area contributed by atoms with Gasteiger partial charge >= 0.3 is 0 Å². The quantitative estimate of drug-likeness (QED) is 0.152. The standard InChI is InChI=1S/C61H43N/c1-61(2)56-27-13-11-25-52(56)53-35-34-47(39-57(53)61)62(58-28-14-12-22-49(58)45-32-30-40-16-3-5-18-42(40)36-45)59-29-15-26-54(60(59)46-33-31-41-17-4-6-19-43(41)37-46)55-38-44-20-7-8-21-48(44)50-23-9-10-24-51(50)55/h3-39H,1-2H3. The number of para-hydroxylation sites is 1. The van der Waals surface area contributed by atoms with Crippen LogP contribution in [-0.4, -0.2) is 0 Å². The lowest BCUT2D eigenvalue weighted by Gasteiger charge is -2.32. The second kappa shape index (κ2) is 14.2. The normalized spacial score (nSPS) is 12.8. The summed E-state index contributed by atoms with van der Waals surface area (Å²) in [6, 6.07) is 83.4. The van der Waals surface area contributed by atoms with Crippen molar-refractivity contribution in [2.45, 2.75) is 19.3 Å². The van der Waals surface area contributed by atoms with E-state index in [2.05, 4.69) is 243 Å².